The molecule has 0 fully saturated rings. The normalized spacial score (nSPS) is 13.5. The van der Waals surface area contributed by atoms with E-state index in [0.717, 1.165) is 0 Å². The summed E-state index contributed by atoms with van der Waals surface area (Å²) in [5.74, 6) is 0. The van der Waals surface area contributed by atoms with Crippen LogP contribution in [-0.2, 0) is 10.0 Å². The molecule has 0 saturated carbocycles. The number of hydrogen-bond donors (Lipinski definition) is 2. The highest BCUT2D eigenvalue weighted by Gasteiger charge is 2.19. The number of nitrogens with zero attached hydrogens (tertiary/aromatic N) is 2. The van der Waals surface area contributed by atoms with Gasteiger partial charge in [0.15, 0.2) is 5.03 Å². The molecule has 120 valence electrons. The van der Waals surface area contributed by atoms with E-state index in [-0.39, 0.29) is 17.6 Å². The Hall–Kier alpha value is -1.41. The zero-order valence-corrected chi connectivity index (χ0v) is 13.8. The summed E-state index contributed by atoms with van der Waals surface area (Å²) >= 11 is 5.77. The van der Waals surface area contributed by atoms with Crippen LogP contribution in [0.15, 0.2) is 41.8 Å². The van der Waals surface area contributed by atoms with Crippen molar-refractivity contribution in [3.63, 3.8) is 0 Å². The second kappa shape index (κ2) is 6.78. The minimum absolute atomic E-state index is 0.0653. The van der Waals surface area contributed by atoms with Crippen LogP contribution in [0.25, 0.3) is 0 Å². The van der Waals surface area contributed by atoms with Gasteiger partial charge in [-0.1, -0.05) is 23.7 Å². The molecule has 0 aliphatic carbocycles. The van der Waals surface area contributed by atoms with Crippen LogP contribution in [0, 0.1) is 0 Å². The average molecular weight is 344 g/mol. The van der Waals surface area contributed by atoms with Gasteiger partial charge in [-0.05, 0) is 31.5 Å². The summed E-state index contributed by atoms with van der Waals surface area (Å²) in [6.07, 6.45) is 1.97. The Morgan fingerprint density at radius 2 is 1.95 bits per heavy atom. The maximum absolute atomic E-state index is 12.1. The highest BCUT2D eigenvalue weighted by atomic mass is 35.5. The number of nitrogens with one attached hydrogen (secondary N) is 1. The lowest BCUT2D eigenvalue weighted by Gasteiger charge is -2.12. The van der Waals surface area contributed by atoms with Crippen molar-refractivity contribution in [2.75, 3.05) is 6.54 Å². The van der Waals surface area contributed by atoms with E-state index in [1.807, 2.05) is 13.8 Å². The number of aliphatic hydroxyl groups is 1. The molecule has 2 aromatic rings. The third-order valence-corrected chi connectivity index (χ3v) is 4.73. The summed E-state index contributed by atoms with van der Waals surface area (Å²) in [5.41, 5.74) is 0.583. The number of imidazole rings is 1. The molecular formula is C14H18ClN3O3S. The second-order valence-electron chi connectivity index (χ2n) is 5.17. The van der Waals surface area contributed by atoms with Gasteiger partial charge in [-0.3, -0.25) is 0 Å². The third-order valence-electron chi connectivity index (χ3n) is 3.17. The largest absolute Gasteiger partial charge is 0.387 e. The molecule has 1 unspecified atom stereocenters. The van der Waals surface area contributed by atoms with Gasteiger partial charge in [0.25, 0.3) is 10.0 Å². The fourth-order valence-electron chi connectivity index (χ4n) is 1.80. The molecule has 2 rings (SSSR count). The first-order valence-corrected chi connectivity index (χ1v) is 8.62. The van der Waals surface area contributed by atoms with E-state index in [0.29, 0.717) is 10.6 Å². The van der Waals surface area contributed by atoms with Crippen LogP contribution in [0.3, 0.4) is 0 Å². The molecule has 1 heterocycles. The molecule has 1 atom stereocenters. The molecular weight excluding hydrogens is 326 g/mol. The van der Waals surface area contributed by atoms with E-state index >= 15 is 0 Å². The molecule has 22 heavy (non-hydrogen) atoms. The van der Waals surface area contributed by atoms with Crippen molar-refractivity contribution >= 4 is 21.6 Å². The van der Waals surface area contributed by atoms with Crippen LogP contribution in [0.1, 0.15) is 31.6 Å². The highest BCUT2D eigenvalue weighted by molar-refractivity contribution is 7.89. The zero-order chi connectivity index (χ0) is 16.3. The Morgan fingerprint density at radius 1 is 1.32 bits per heavy atom. The monoisotopic (exact) mass is 343 g/mol. The summed E-state index contributed by atoms with van der Waals surface area (Å²) in [7, 11) is -3.75. The number of aliphatic hydroxyl groups excluding tert-OH is 1. The number of hydrogen-bond acceptors (Lipinski definition) is 4. The van der Waals surface area contributed by atoms with Gasteiger partial charge in [0.1, 0.15) is 0 Å². The van der Waals surface area contributed by atoms with Crippen molar-refractivity contribution < 1.29 is 13.5 Å². The summed E-state index contributed by atoms with van der Waals surface area (Å²) < 4.78 is 28.3. The third kappa shape index (κ3) is 4.07. The van der Waals surface area contributed by atoms with Gasteiger partial charge in [-0.2, -0.15) is 0 Å². The Kier molecular flexibility index (Phi) is 5.23. The molecule has 6 nitrogen and oxygen atoms in total. The Morgan fingerprint density at radius 3 is 2.50 bits per heavy atom. The first-order chi connectivity index (χ1) is 10.3. The van der Waals surface area contributed by atoms with Gasteiger partial charge in [-0.25, -0.2) is 18.1 Å². The fraction of sp³-hybridized carbons (Fsp3) is 0.357. The molecule has 0 radical (unpaired) electrons. The van der Waals surface area contributed by atoms with Gasteiger partial charge < -0.3 is 9.67 Å². The van der Waals surface area contributed by atoms with Gasteiger partial charge in [0.05, 0.1) is 12.4 Å². The minimum atomic E-state index is -3.75. The van der Waals surface area contributed by atoms with Crippen LogP contribution in [0.4, 0.5) is 0 Å². The van der Waals surface area contributed by atoms with E-state index in [2.05, 4.69) is 9.71 Å². The van der Waals surface area contributed by atoms with E-state index in [1.165, 1.54) is 12.5 Å². The van der Waals surface area contributed by atoms with E-state index in [1.54, 1.807) is 28.8 Å². The summed E-state index contributed by atoms with van der Waals surface area (Å²) in [6.45, 7) is 3.71. The standard InChI is InChI=1S/C14H18ClN3O3S/c1-10(2)18-8-14(16-9-18)22(20,21)17-7-13(19)11-3-5-12(15)6-4-11/h3-6,8-10,13,17,19H,7H2,1-2H3. The van der Waals surface area contributed by atoms with Crippen LogP contribution < -0.4 is 4.72 Å². The summed E-state index contributed by atoms with van der Waals surface area (Å²) in [4.78, 5) is 3.88. The fourth-order valence-corrected chi connectivity index (χ4v) is 2.90. The lowest BCUT2D eigenvalue weighted by Crippen LogP contribution is -2.28. The first-order valence-electron chi connectivity index (χ1n) is 6.76. The number of rotatable bonds is 6. The lowest BCUT2D eigenvalue weighted by molar-refractivity contribution is 0.182. The molecule has 0 saturated heterocycles. The van der Waals surface area contributed by atoms with Crippen molar-refractivity contribution in [1.29, 1.82) is 0 Å². The van der Waals surface area contributed by atoms with Crippen molar-refractivity contribution in [3.05, 3.63) is 47.4 Å². The quantitative estimate of drug-likeness (QED) is 0.841. The van der Waals surface area contributed by atoms with E-state index in [4.69, 9.17) is 11.6 Å². The smallest absolute Gasteiger partial charge is 0.259 e. The molecule has 0 aliphatic heterocycles. The van der Waals surface area contributed by atoms with Gasteiger partial charge >= 0.3 is 0 Å². The van der Waals surface area contributed by atoms with Crippen LogP contribution >= 0.6 is 11.6 Å². The molecule has 2 N–H and O–H groups in total. The number of sulfonamides is 1. The summed E-state index contributed by atoms with van der Waals surface area (Å²) in [6, 6.07) is 6.69. The maximum atomic E-state index is 12.1. The predicted molar refractivity (Wildman–Crippen MR) is 84.2 cm³/mol. The Labute approximate surface area is 134 Å². The molecule has 0 amide bonds. The van der Waals surface area contributed by atoms with E-state index in [9.17, 15) is 13.5 Å². The van der Waals surface area contributed by atoms with E-state index < -0.39 is 16.1 Å². The Balaban J connectivity index is 2.04. The number of aromatic nitrogens is 2. The van der Waals surface area contributed by atoms with Crippen molar-refractivity contribution in [3.8, 4) is 0 Å². The second-order valence-corrected chi connectivity index (χ2v) is 7.32. The molecule has 0 bridgehead atoms. The molecule has 0 spiro atoms. The lowest BCUT2D eigenvalue weighted by atomic mass is 10.1. The van der Waals surface area contributed by atoms with Crippen molar-refractivity contribution in [1.82, 2.24) is 14.3 Å². The van der Waals surface area contributed by atoms with Gasteiger partial charge in [0.2, 0.25) is 0 Å². The molecule has 1 aromatic carbocycles. The van der Waals surface area contributed by atoms with Crippen LogP contribution in [-0.4, -0.2) is 29.6 Å². The van der Waals surface area contributed by atoms with Gasteiger partial charge in [-0.15, -0.1) is 0 Å². The maximum Gasteiger partial charge on any atom is 0.259 e. The minimum Gasteiger partial charge on any atom is -0.387 e. The molecule has 8 heteroatoms. The highest BCUT2D eigenvalue weighted by Crippen LogP contribution is 2.17. The van der Waals surface area contributed by atoms with Crippen LogP contribution in [0.5, 0.6) is 0 Å². The molecule has 1 aromatic heterocycles. The predicted octanol–water partition coefficient (Wildman–Crippen LogP) is 2.13. The summed E-state index contributed by atoms with van der Waals surface area (Å²) in [5, 5.41) is 10.5. The topological polar surface area (TPSA) is 84.2 Å². The molecule has 0 aliphatic rings. The SMILES string of the molecule is CC(C)n1cnc(S(=O)(=O)NCC(O)c2ccc(Cl)cc2)c1. The number of halogens is 1. The van der Waals surface area contributed by atoms with Crippen LogP contribution in [0.2, 0.25) is 5.02 Å². The zero-order valence-electron chi connectivity index (χ0n) is 12.3. The average Bonchev–Trinajstić information content (AvgIpc) is 2.96. The number of benzene rings is 1. The van der Waals surface area contributed by atoms with Crippen molar-refractivity contribution in [2.24, 2.45) is 0 Å². The Bertz CT molecular complexity index is 726. The van der Waals surface area contributed by atoms with Gasteiger partial charge in [0, 0.05) is 23.8 Å². The van der Waals surface area contributed by atoms with Crippen molar-refractivity contribution in [2.45, 2.75) is 31.0 Å². The first kappa shape index (κ1) is 17.0.